The molecular weight excluding hydrogens is 377 g/mol. The average Bonchev–Trinajstić information content (AvgIpc) is 3.36. The minimum absolute atomic E-state index is 0.0371. The topological polar surface area (TPSA) is 100 Å². The summed E-state index contributed by atoms with van der Waals surface area (Å²) in [6.07, 6.45) is 1.52. The molecule has 0 amide bonds. The highest BCUT2D eigenvalue weighted by atomic mass is 32.1. The van der Waals surface area contributed by atoms with Crippen molar-refractivity contribution in [2.45, 2.75) is 6.92 Å². The molecular formula is C20H14FN5OS. The lowest BCUT2D eigenvalue weighted by atomic mass is 9.98. The van der Waals surface area contributed by atoms with Crippen molar-refractivity contribution in [3.8, 4) is 21.7 Å². The number of H-pyrrole nitrogens is 2. The lowest BCUT2D eigenvalue weighted by molar-refractivity contribution is 0.636. The Morgan fingerprint density at radius 2 is 2.11 bits per heavy atom. The second kappa shape index (κ2) is 6.00. The first-order valence-electron chi connectivity index (χ1n) is 8.53. The molecule has 4 aromatic heterocycles. The van der Waals surface area contributed by atoms with Crippen molar-refractivity contribution >= 4 is 39.0 Å². The summed E-state index contributed by atoms with van der Waals surface area (Å²) in [5.74, 6) is -0.424. The normalized spacial score (nSPS) is 11.5. The van der Waals surface area contributed by atoms with Crippen molar-refractivity contribution in [1.82, 2.24) is 20.2 Å². The van der Waals surface area contributed by atoms with Gasteiger partial charge in [0.05, 0.1) is 27.8 Å². The van der Waals surface area contributed by atoms with E-state index >= 15 is 0 Å². The SMILES string of the molecule is Cc1cc2[nH]c(=O)c(N)c(-c3ccc(F)c4[nH]ncc34)c2nc1-c1cccs1. The van der Waals surface area contributed by atoms with Gasteiger partial charge in [0.15, 0.2) is 0 Å². The van der Waals surface area contributed by atoms with Gasteiger partial charge >= 0.3 is 0 Å². The summed E-state index contributed by atoms with van der Waals surface area (Å²) < 4.78 is 14.1. The summed E-state index contributed by atoms with van der Waals surface area (Å²) in [6.45, 7) is 1.95. The predicted molar refractivity (Wildman–Crippen MR) is 110 cm³/mol. The predicted octanol–water partition coefficient (Wildman–Crippen LogP) is 4.22. The second-order valence-corrected chi connectivity index (χ2v) is 7.47. The van der Waals surface area contributed by atoms with Gasteiger partial charge in [-0.25, -0.2) is 9.37 Å². The van der Waals surface area contributed by atoms with E-state index in [1.807, 2.05) is 30.5 Å². The molecule has 0 aliphatic rings. The molecule has 5 rings (SSSR count). The molecule has 6 nitrogen and oxygen atoms in total. The number of fused-ring (bicyclic) bond motifs is 2. The van der Waals surface area contributed by atoms with Crippen molar-refractivity contribution in [3.05, 3.63) is 63.6 Å². The third-order valence-corrected chi connectivity index (χ3v) is 5.68. The number of nitrogens with two attached hydrogens (primary N) is 1. The number of thiophene rings is 1. The van der Waals surface area contributed by atoms with Crippen LogP contribution in [0.4, 0.5) is 10.1 Å². The van der Waals surface area contributed by atoms with Gasteiger partial charge in [-0.05, 0) is 41.6 Å². The number of halogens is 1. The van der Waals surface area contributed by atoms with Crippen LogP contribution in [0.1, 0.15) is 5.56 Å². The van der Waals surface area contributed by atoms with E-state index in [9.17, 15) is 9.18 Å². The summed E-state index contributed by atoms with van der Waals surface area (Å²) in [5.41, 5.74) is 10.0. The first kappa shape index (κ1) is 16.6. The molecule has 0 fully saturated rings. The maximum Gasteiger partial charge on any atom is 0.272 e. The number of hydrogen-bond donors (Lipinski definition) is 3. The van der Waals surface area contributed by atoms with Gasteiger partial charge in [-0.3, -0.25) is 9.89 Å². The number of anilines is 1. The van der Waals surface area contributed by atoms with E-state index in [4.69, 9.17) is 10.7 Å². The first-order valence-corrected chi connectivity index (χ1v) is 9.41. The molecule has 0 aliphatic carbocycles. The lowest BCUT2D eigenvalue weighted by Gasteiger charge is -2.13. The fourth-order valence-corrected chi connectivity index (χ4v) is 4.26. The van der Waals surface area contributed by atoms with Crippen LogP contribution in [-0.2, 0) is 0 Å². The third kappa shape index (κ3) is 2.35. The Morgan fingerprint density at radius 3 is 2.89 bits per heavy atom. The molecule has 0 unspecified atom stereocenters. The molecule has 5 aromatic rings. The summed E-state index contributed by atoms with van der Waals surface area (Å²) in [5, 5.41) is 9.12. The summed E-state index contributed by atoms with van der Waals surface area (Å²) >= 11 is 1.58. The third-order valence-electron chi connectivity index (χ3n) is 4.80. The van der Waals surface area contributed by atoms with E-state index in [1.165, 1.54) is 12.3 Å². The van der Waals surface area contributed by atoms with E-state index in [2.05, 4.69) is 15.2 Å². The molecule has 138 valence electrons. The van der Waals surface area contributed by atoms with Gasteiger partial charge in [-0.1, -0.05) is 12.1 Å². The van der Waals surface area contributed by atoms with Crippen LogP contribution in [0.3, 0.4) is 0 Å². The maximum atomic E-state index is 14.1. The number of nitrogens with zero attached hydrogens (tertiary/aromatic N) is 2. The molecule has 0 radical (unpaired) electrons. The van der Waals surface area contributed by atoms with Crippen molar-refractivity contribution in [1.29, 1.82) is 0 Å². The molecule has 4 heterocycles. The maximum absolute atomic E-state index is 14.1. The van der Waals surface area contributed by atoms with Gasteiger partial charge in [0.2, 0.25) is 0 Å². The van der Waals surface area contributed by atoms with Crippen LogP contribution < -0.4 is 11.3 Å². The zero-order valence-corrected chi connectivity index (χ0v) is 15.5. The molecule has 0 saturated heterocycles. The molecule has 8 heteroatoms. The second-order valence-electron chi connectivity index (χ2n) is 6.52. The lowest BCUT2D eigenvalue weighted by Crippen LogP contribution is -2.14. The summed E-state index contributed by atoms with van der Waals surface area (Å²) in [7, 11) is 0. The largest absolute Gasteiger partial charge is 0.394 e. The number of rotatable bonds is 2. The zero-order valence-electron chi connectivity index (χ0n) is 14.7. The van der Waals surface area contributed by atoms with Crippen molar-refractivity contribution in [2.75, 3.05) is 5.73 Å². The van der Waals surface area contributed by atoms with Crippen LogP contribution in [0.2, 0.25) is 0 Å². The number of benzene rings is 1. The van der Waals surface area contributed by atoms with E-state index in [1.54, 1.807) is 17.4 Å². The van der Waals surface area contributed by atoms with Crippen LogP contribution in [-0.4, -0.2) is 20.2 Å². The number of nitrogen functional groups attached to an aromatic ring is 1. The van der Waals surface area contributed by atoms with E-state index < -0.39 is 11.4 Å². The number of aromatic amines is 2. The molecule has 0 bridgehead atoms. The molecule has 0 atom stereocenters. The standard InChI is InChI=1S/C20H14FN5OS/c1-9-7-13-19(25-17(9)14-3-2-6-28-14)15(16(22)20(27)24-13)10-4-5-12(21)18-11(10)8-23-26-18/h2-8H,22H2,1H3,(H,23,26)(H,24,27). The van der Waals surface area contributed by atoms with Gasteiger partial charge in [0.1, 0.15) is 17.0 Å². The van der Waals surface area contributed by atoms with Crippen LogP contribution in [0.25, 0.3) is 43.6 Å². The molecule has 1 aromatic carbocycles. The molecule has 4 N–H and O–H groups in total. The average molecular weight is 391 g/mol. The Balaban J connectivity index is 1.93. The molecule has 0 saturated carbocycles. The molecule has 0 aliphatic heterocycles. The van der Waals surface area contributed by atoms with Gasteiger partial charge in [0, 0.05) is 10.9 Å². The number of aryl methyl sites for hydroxylation is 1. The van der Waals surface area contributed by atoms with Crippen LogP contribution in [0.5, 0.6) is 0 Å². The first-order chi connectivity index (χ1) is 13.5. The van der Waals surface area contributed by atoms with Gasteiger partial charge < -0.3 is 10.7 Å². The quantitative estimate of drug-likeness (QED) is 0.419. The number of pyridine rings is 2. The number of nitrogens with one attached hydrogen (secondary N) is 2. The van der Waals surface area contributed by atoms with Crippen LogP contribution >= 0.6 is 11.3 Å². The molecule has 28 heavy (non-hydrogen) atoms. The van der Waals surface area contributed by atoms with Gasteiger partial charge in [-0.2, -0.15) is 5.10 Å². The monoisotopic (exact) mass is 391 g/mol. The van der Waals surface area contributed by atoms with Gasteiger partial charge in [0.25, 0.3) is 5.56 Å². The highest BCUT2D eigenvalue weighted by Crippen LogP contribution is 2.37. The minimum atomic E-state index is -0.424. The van der Waals surface area contributed by atoms with Crippen LogP contribution in [0.15, 0.2) is 46.7 Å². The highest BCUT2D eigenvalue weighted by Gasteiger charge is 2.19. The number of aromatic nitrogens is 4. The zero-order chi connectivity index (χ0) is 19.4. The Kier molecular flexibility index (Phi) is 3.56. The fourth-order valence-electron chi connectivity index (χ4n) is 3.49. The smallest absolute Gasteiger partial charge is 0.272 e. The molecule has 0 spiro atoms. The highest BCUT2D eigenvalue weighted by molar-refractivity contribution is 7.13. The minimum Gasteiger partial charge on any atom is -0.394 e. The Labute approximate surface area is 161 Å². The van der Waals surface area contributed by atoms with Crippen molar-refractivity contribution in [2.24, 2.45) is 0 Å². The van der Waals surface area contributed by atoms with E-state index in [-0.39, 0.29) is 11.2 Å². The van der Waals surface area contributed by atoms with E-state index in [0.717, 1.165) is 16.1 Å². The Bertz CT molecular complexity index is 1420. The van der Waals surface area contributed by atoms with Gasteiger partial charge in [-0.15, -0.1) is 11.3 Å². The van der Waals surface area contributed by atoms with Crippen molar-refractivity contribution in [3.63, 3.8) is 0 Å². The fraction of sp³-hybridized carbons (Fsp3) is 0.0500. The Morgan fingerprint density at radius 1 is 1.25 bits per heavy atom. The van der Waals surface area contributed by atoms with Crippen LogP contribution in [0, 0.1) is 12.7 Å². The summed E-state index contributed by atoms with van der Waals surface area (Å²) in [4.78, 5) is 21.1. The van der Waals surface area contributed by atoms with Crippen molar-refractivity contribution < 1.29 is 4.39 Å². The Hall–Kier alpha value is -3.52. The van der Waals surface area contributed by atoms with E-state index in [0.29, 0.717) is 27.5 Å². The number of hydrogen-bond acceptors (Lipinski definition) is 5. The summed E-state index contributed by atoms with van der Waals surface area (Å²) in [6, 6.07) is 8.77.